The molecule has 0 unspecified atom stereocenters. The molecule has 0 saturated carbocycles. The van der Waals surface area contributed by atoms with Crippen LogP contribution in [0.1, 0.15) is 35.3 Å². The summed E-state index contributed by atoms with van der Waals surface area (Å²) in [7, 11) is 0. The highest BCUT2D eigenvalue weighted by atomic mass is 16.7. The Morgan fingerprint density at radius 3 is 2.41 bits per heavy atom. The standard InChI is InChI=1S/C30H32N2O7/c1-20(2)39-25-8-3-21(4-9-25)17-26(30(35)31-14-15-33)32-29(34)23-6-10-24(11-7-23)36-16-13-22-5-12-27-28(18-22)38-19-37-27/h3-12,17-18,20,33H,13-16,19H2,1-2H3,(H,31,35)(H,32,34)/b26-17-. The van der Waals surface area contributed by atoms with Crippen LogP contribution in [-0.4, -0.2) is 49.6 Å². The van der Waals surface area contributed by atoms with E-state index in [9.17, 15) is 9.59 Å². The van der Waals surface area contributed by atoms with Crippen LogP contribution in [0.4, 0.5) is 0 Å². The summed E-state index contributed by atoms with van der Waals surface area (Å²) in [6.45, 7) is 4.40. The Labute approximate surface area is 227 Å². The van der Waals surface area contributed by atoms with Crippen LogP contribution in [0.25, 0.3) is 6.08 Å². The Balaban J connectivity index is 1.36. The number of ether oxygens (including phenoxy) is 4. The molecule has 0 spiro atoms. The van der Waals surface area contributed by atoms with Gasteiger partial charge in [-0.25, -0.2) is 0 Å². The smallest absolute Gasteiger partial charge is 0.267 e. The second kappa shape index (κ2) is 13.3. The minimum Gasteiger partial charge on any atom is -0.493 e. The van der Waals surface area contributed by atoms with Crippen LogP contribution in [-0.2, 0) is 11.2 Å². The Kier molecular flexibility index (Phi) is 9.42. The summed E-state index contributed by atoms with van der Waals surface area (Å²) in [5.41, 5.74) is 2.18. The first kappa shape index (κ1) is 27.5. The number of rotatable bonds is 12. The molecule has 1 heterocycles. The van der Waals surface area contributed by atoms with Crippen LogP contribution in [0, 0.1) is 0 Å². The third kappa shape index (κ3) is 7.99. The molecule has 0 atom stereocenters. The number of amides is 2. The van der Waals surface area contributed by atoms with Crippen LogP contribution in [0.3, 0.4) is 0 Å². The number of nitrogens with one attached hydrogen (secondary N) is 2. The molecule has 1 aliphatic heterocycles. The average molecular weight is 533 g/mol. The fourth-order valence-electron chi connectivity index (χ4n) is 3.78. The quantitative estimate of drug-likeness (QED) is 0.305. The molecule has 9 nitrogen and oxygen atoms in total. The second-order valence-corrected chi connectivity index (χ2v) is 9.04. The Bertz CT molecular complexity index is 1300. The predicted molar refractivity (Wildman–Crippen MR) is 146 cm³/mol. The van der Waals surface area contributed by atoms with Gasteiger partial charge in [-0.05, 0) is 79.6 Å². The van der Waals surface area contributed by atoms with Gasteiger partial charge in [0.2, 0.25) is 6.79 Å². The zero-order chi connectivity index (χ0) is 27.6. The summed E-state index contributed by atoms with van der Waals surface area (Å²) >= 11 is 0. The SMILES string of the molecule is CC(C)Oc1ccc(/C=C(\NC(=O)c2ccc(OCCc3ccc4c(c3)OCO4)cc2)C(=O)NCCO)cc1. The van der Waals surface area contributed by atoms with Crippen molar-refractivity contribution in [2.75, 3.05) is 26.6 Å². The molecular formula is C30H32N2O7. The molecule has 2 amide bonds. The molecule has 0 saturated heterocycles. The van der Waals surface area contributed by atoms with Crippen LogP contribution in [0.15, 0.2) is 72.4 Å². The zero-order valence-electron chi connectivity index (χ0n) is 21.9. The first-order chi connectivity index (χ1) is 18.9. The number of aliphatic hydroxyl groups is 1. The highest BCUT2D eigenvalue weighted by Gasteiger charge is 2.15. The van der Waals surface area contributed by atoms with Crippen LogP contribution < -0.4 is 29.6 Å². The second-order valence-electron chi connectivity index (χ2n) is 9.04. The molecule has 9 heteroatoms. The van der Waals surface area contributed by atoms with Crippen molar-refractivity contribution in [1.82, 2.24) is 10.6 Å². The van der Waals surface area contributed by atoms with Crippen molar-refractivity contribution in [3.63, 3.8) is 0 Å². The van der Waals surface area contributed by atoms with Gasteiger partial charge in [0.05, 0.1) is 19.3 Å². The monoisotopic (exact) mass is 532 g/mol. The highest BCUT2D eigenvalue weighted by molar-refractivity contribution is 6.05. The lowest BCUT2D eigenvalue weighted by Gasteiger charge is -2.12. The van der Waals surface area contributed by atoms with Gasteiger partial charge in [-0.15, -0.1) is 0 Å². The van der Waals surface area contributed by atoms with E-state index >= 15 is 0 Å². The first-order valence-electron chi connectivity index (χ1n) is 12.7. The molecule has 204 valence electrons. The topological polar surface area (TPSA) is 115 Å². The number of carbonyl (C=O) groups excluding carboxylic acids is 2. The van der Waals surface area contributed by atoms with E-state index in [1.54, 1.807) is 54.6 Å². The lowest BCUT2D eigenvalue weighted by atomic mass is 10.1. The third-order valence-electron chi connectivity index (χ3n) is 5.67. The Morgan fingerprint density at radius 1 is 0.974 bits per heavy atom. The van der Waals surface area contributed by atoms with E-state index in [-0.39, 0.29) is 31.7 Å². The first-order valence-corrected chi connectivity index (χ1v) is 12.7. The minimum absolute atomic E-state index is 0.0392. The molecule has 3 aromatic rings. The van der Waals surface area contributed by atoms with E-state index in [1.165, 1.54) is 0 Å². The lowest BCUT2D eigenvalue weighted by Crippen LogP contribution is -2.36. The molecule has 0 aliphatic carbocycles. The van der Waals surface area contributed by atoms with E-state index in [1.807, 2.05) is 32.0 Å². The Morgan fingerprint density at radius 2 is 1.69 bits per heavy atom. The van der Waals surface area contributed by atoms with Crippen molar-refractivity contribution in [3.8, 4) is 23.0 Å². The number of benzene rings is 3. The minimum atomic E-state index is -0.511. The summed E-state index contributed by atoms with van der Waals surface area (Å²) < 4.78 is 22.2. The van der Waals surface area contributed by atoms with E-state index in [0.717, 1.165) is 17.1 Å². The summed E-state index contributed by atoms with van der Waals surface area (Å²) in [5, 5.41) is 14.3. The van der Waals surface area contributed by atoms with Gasteiger partial charge in [0, 0.05) is 18.5 Å². The van der Waals surface area contributed by atoms with Gasteiger partial charge in [-0.1, -0.05) is 18.2 Å². The number of aliphatic hydroxyl groups excluding tert-OH is 1. The van der Waals surface area contributed by atoms with Crippen LogP contribution >= 0.6 is 0 Å². The molecular weight excluding hydrogens is 500 g/mol. The van der Waals surface area contributed by atoms with Crippen molar-refractivity contribution in [1.29, 1.82) is 0 Å². The fraction of sp³-hybridized carbons (Fsp3) is 0.267. The summed E-state index contributed by atoms with van der Waals surface area (Å²) in [4.78, 5) is 25.6. The van der Waals surface area contributed by atoms with Gasteiger partial charge >= 0.3 is 0 Å². The van der Waals surface area contributed by atoms with Gasteiger partial charge in [0.15, 0.2) is 11.5 Å². The predicted octanol–water partition coefficient (Wildman–Crippen LogP) is 3.70. The van der Waals surface area contributed by atoms with Crippen LogP contribution in [0.2, 0.25) is 0 Å². The number of fused-ring (bicyclic) bond motifs is 1. The fourth-order valence-corrected chi connectivity index (χ4v) is 3.78. The van der Waals surface area contributed by atoms with Gasteiger partial charge in [-0.2, -0.15) is 0 Å². The van der Waals surface area contributed by atoms with Gasteiger partial charge in [-0.3, -0.25) is 9.59 Å². The van der Waals surface area contributed by atoms with Crippen molar-refractivity contribution >= 4 is 17.9 Å². The molecule has 3 aromatic carbocycles. The van der Waals surface area contributed by atoms with Gasteiger partial charge < -0.3 is 34.7 Å². The maximum Gasteiger partial charge on any atom is 0.267 e. The highest BCUT2D eigenvalue weighted by Crippen LogP contribution is 2.32. The van der Waals surface area contributed by atoms with E-state index in [4.69, 9.17) is 24.1 Å². The molecule has 1 aliphatic rings. The average Bonchev–Trinajstić information content (AvgIpc) is 3.40. The summed E-state index contributed by atoms with van der Waals surface area (Å²) in [6.07, 6.45) is 2.29. The molecule has 0 aromatic heterocycles. The maximum atomic E-state index is 12.9. The zero-order valence-corrected chi connectivity index (χ0v) is 21.9. The summed E-state index contributed by atoms with van der Waals surface area (Å²) in [5.74, 6) is 1.84. The molecule has 4 rings (SSSR count). The largest absolute Gasteiger partial charge is 0.493 e. The molecule has 3 N–H and O–H groups in total. The third-order valence-corrected chi connectivity index (χ3v) is 5.67. The van der Waals surface area contributed by atoms with E-state index in [2.05, 4.69) is 10.6 Å². The molecule has 0 bridgehead atoms. The number of hydrogen-bond acceptors (Lipinski definition) is 7. The van der Waals surface area contributed by atoms with Crippen molar-refractivity contribution in [3.05, 3.63) is 89.1 Å². The van der Waals surface area contributed by atoms with Gasteiger partial charge in [0.25, 0.3) is 11.8 Å². The van der Waals surface area contributed by atoms with Crippen LogP contribution in [0.5, 0.6) is 23.0 Å². The summed E-state index contributed by atoms with van der Waals surface area (Å²) in [6, 6.07) is 19.6. The normalized spacial score (nSPS) is 12.3. The van der Waals surface area contributed by atoms with Crippen molar-refractivity contribution in [2.24, 2.45) is 0 Å². The lowest BCUT2D eigenvalue weighted by molar-refractivity contribution is -0.117. The van der Waals surface area contributed by atoms with Gasteiger partial charge in [0.1, 0.15) is 17.2 Å². The maximum absolute atomic E-state index is 12.9. The molecule has 0 radical (unpaired) electrons. The van der Waals surface area contributed by atoms with Crippen molar-refractivity contribution < 1.29 is 33.6 Å². The molecule has 39 heavy (non-hydrogen) atoms. The molecule has 0 fully saturated rings. The number of carbonyl (C=O) groups is 2. The van der Waals surface area contributed by atoms with E-state index < -0.39 is 11.8 Å². The van der Waals surface area contributed by atoms with Crippen molar-refractivity contribution in [2.45, 2.75) is 26.4 Å². The number of hydrogen-bond donors (Lipinski definition) is 3. The van der Waals surface area contributed by atoms with E-state index in [0.29, 0.717) is 35.7 Å². The Hall–Kier alpha value is -4.50.